The van der Waals surface area contributed by atoms with Crippen molar-refractivity contribution in [2.24, 2.45) is 11.8 Å². The van der Waals surface area contributed by atoms with E-state index in [1.807, 2.05) is 13.8 Å². The van der Waals surface area contributed by atoms with E-state index in [1.54, 1.807) is 13.0 Å². The predicted molar refractivity (Wildman–Crippen MR) is 136 cm³/mol. The van der Waals surface area contributed by atoms with Gasteiger partial charge in [-0.2, -0.15) is 0 Å². The van der Waals surface area contributed by atoms with Gasteiger partial charge < -0.3 is 14.2 Å². The molecule has 0 unspecified atom stereocenters. The fourth-order valence-electron chi connectivity index (χ4n) is 5.26. The molecule has 0 N–H and O–H groups in total. The van der Waals surface area contributed by atoms with Gasteiger partial charge in [0.15, 0.2) is 17.2 Å². The molecule has 1 aliphatic carbocycles. The highest BCUT2D eigenvalue weighted by molar-refractivity contribution is 5.99. The summed E-state index contributed by atoms with van der Waals surface area (Å²) >= 11 is 0. The van der Waals surface area contributed by atoms with Gasteiger partial charge in [-0.25, -0.2) is 9.37 Å². The number of nitrogens with zero attached hydrogens (tertiary/aromatic N) is 1. The van der Waals surface area contributed by atoms with Crippen molar-refractivity contribution in [3.63, 3.8) is 0 Å². The summed E-state index contributed by atoms with van der Waals surface area (Å²) in [4.78, 5) is 41.8. The van der Waals surface area contributed by atoms with Gasteiger partial charge in [0, 0.05) is 31.5 Å². The standard InChI is InChI=1S/C29H36FNO6/c1-17-15-22(30)11-12-23(17)26(21-9-7-6-8-10-21)19(3)36-29(34)18(2)16-24(33)27-28(37-20(4)32)25(35-5)13-14-31-27/h11-15,18-19,21,26H,6-10,16H2,1-5H3/t18-,19+,26+/m1/s1. The van der Waals surface area contributed by atoms with Crippen LogP contribution in [0.15, 0.2) is 30.5 Å². The van der Waals surface area contributed by atoms with E-state index in [0.29, 0.717) is 5.92 Å². The Bertz CT molecular complexity index is 1130. The average Bonchev–Trinajstić information content (AvgIpc) is 2.85. The van der Waals surface area contributed by atoms with Crippen molar-refractivity contribution in [2.75, 3.05) is 7.11 Å². The van der Waals surface area contributed by atoms with Gasteiger partial charge in [-0.15, -0.1) is 0 Å². The number of hydrogen-bond acceptors (Lipinski definition) is 7. The number of ketones is 1. The van der Waals surface area contributed by atoms with Crippen molar-refractivity contribution in [1.82, 2.24) is 4.98 Å². The second kappa shape index (κ2) is 12.8. The van der Waals surface area contributed by atoms with Gasteiger partial charge in [0.2, 0.25) is 5.75 Å². The van der Waals surface area contributed by atoms with Crippen molar-refractivity contribution in [1.29, 1.82) is 0 Å². The van der Waals surface area contributed by atoms with Crippen LogP contribution in [0.25, 0.3) is 0 Å². The van der Waals surface area contributed by atoms with Gasteiger partial charge >= 0.3 is 11.9 Å². The van der Waals surface area contributed by atoms with Crippen LogP contribution in [0, 0.1) is 24.6 Å². The summed E-state index contributed by atoms with van der Waals surface area (Å²) in [5.74, 6) is -2.25. The molecule has 3 rings (SSSR count). The number of Topliss-reactive ketones (excluding diaryl/α,β-unsaturated/α-hetero) is 1. The van der Waals surface area contributed by atoms with Crippen molar-refractivity contribution in [2.45, 2.75) is 78.2 Å². The molecule has 1 fully saturated rings. The molecule has 0 radical (unpaired) electrons. The molecule has 37 heavy (non-hydrogen) atoms. The number of ether oxygens (including phenoxy) is 3. The van der Waals surface area contributed by atoms with E-state index in [4.69, 9.17) is 14.2 Å². The van der Waals surface area contributed by atoms with Crippen LogP contribution < -0.4 is 9.47 Å². The van der Waals surface area contributed by atoms with E-state index in [0.717, 1.165) is 36.8 Å². The first-order valence-corrected chi connectivity index (χ1v) is 12.8. The van der Waals surface area contributed by atoms with Gasteiger partial charge in [-0.05, 0) is 55.9 Å². The van der Waals surface area contributed by atoms with E-state index >= 15 is 0 Å². The number of carbonyl (C=O) groups excluding carboxylic acids is 3. The maximum Gasteiger partial charge on any atom is 0.309 e. The summed E-state index contributed by atoms with van der Waals surface area (Å²) in [6.07, 6.45) is 6.22. The Morgan fingerprint density at radius 3 is 2.43 bits per heavy atom. The quantitative estimate of drug-likeness (QED) is 0.286. The van der Waals surface area contributed by atoms with E-state index in [9.17, 15) is 18.8 Å². The minimum Gasteiger partial charge on any atom is -0.493 e. The lowest BCUT2D eigenvalue weighted by Gasteiger charge is -2.35. The smallest absolute Gasteiger partial charge is 0.309 e. The molecular formula is C29H36FNO6. The molecule has 1 aromatic heterocycles. The number of rotatable bonds is 10. The predicted octanol–water partition coefficient (Wildman–Crippen LogP) is 5.97. The fraction of sp³-hybridized carbons (Fsp3) is 0.517. The number of methoxy groups -OCH3 is 1. The SMILES string of the molecule is COc1ccnc(C(=O)C[C@@H](C)C(=O)O[C@@H](C)[C@H](c2ccc(F)cc2C)C2CCCCC2)c1OC(C)=O. The highest BCUT2D eigenvalue weighted by atomic mass is 19.1. The Hall–Kier alpha value is -3.29. The maximum atomic E-state index is 13.8. The normalized spacial score (nSPS) is 16.4. The lowest BCUT2D eigenvalue weighted by Crippen LogP contribution is -2.32. The summed E-state index contributed by atoms with van der Waals surface area (Å²) in [5, 5.41) is 0. The van der Waals surface area contributed by atoms with E-state index in [2.05, 4.69) is 4.98 Å². The zero-order chi connectivity index (χ0) is 27.1. The number of aryl methyl sites for hydroxylation is 1. The number of carbonyl (C=O) groups is 3. The number of pyridine rings is 1. The minimum atomic E-state index is -0.755. The molecular weight excluding hydrogens is 477 g/mol. The van der Waals surface area contributed by atoms with Crippen molar-refractivity contribution in [3.8, 4) is 11.5 Å². The highest BCUT2D eigenvalue weighted by Gasteiger charge is 2.34. The molecule has 0 spiro atoms. The maximum absolute atomic E-state index is 13.8. The van der Waals surface area contributed by atoms with Gasteiger partial charge in [-0.1, -0.05) is 32.3 Å². The van der Waals surface area contributed by atoms with Crippen LogP contribution in [0.5, 0.6) is 11.5 Å². The third-order valence-electron chi connectivity index (χ3n) is 7.05. The van der Waals surface area contributed by atoms with Crippen LogP contribution in [0.2, 0.25) is 0 Å². The van der Waals surface area contributed by atoms with Crippen LogP contribution >= 0.6 is 0 Å². The summed E-state index contributed by atoms with van der Waals surface area (Å²) in [5.41, 5.74) is 1.75. The first-order valence-electron chi connectivity index (χ1n) is 12.8. The first-order chi connectivity index (χ1) is 17.6. The zero-order valence-corrected chi connectivity index (χ0v) is 22.2. The molecule has 3 atom stereocenters. The third-order valence-corrected chi connectivity index (χ3v) is 7.05. The lowest BCUT2D eigenvalue weighted by atomic mass is 9.73. The summed E-state index contributed by atoms with van der Waals surface area (Å²) < 4.78 is 30.1. The second-order valence-electron chi connectivity index (χ2n) is 9.88. The van der Waals surface area contributed by atoms with E-state index in [-0.39, 0.29) is 35.3 Å². The Morgan fingerprint density at radius 1 is 1.11 bits per heavy atom. The van der Waals surface area contributed by atoms with Crippen molar-refractivity contribution >= 4 is 17.7 Å². The van der Waals surface area contributed by atoms with E-state index < -0.39 is 29.7 Å². The monoisotopic (exact) mass is 513 g/mol. The van der Waals surface area contributed by atoms with Gasteiger partial charge in [-0.3, -0.25) is 14.4 Å². The van der Waals surface area contributed by atoms with Crippen LogP contribution in [0.3, 0.4) is 0 Å². The summed E-state index contributed by atoms with van der Waals surface area (Å²) in [7, 11) is 1.39. The number of esters is 2. The van der Waals surface area contributed by atoms with Crippen LogP contribution in [0.1, 0.15) is 86.8 Å². The zero-order valence-electron chi connectivity index (χ0n) is 22.2. The molecule has 7 nitrogen and oxygen atoms in total. The van der Waals surface area contributed by atoms with Gasteiger partial charge in [0.25, 0.3) is 0 Å². The molecule has 1 saturated carbocycles. The van der Waals surface area contributed by atoms with Gasteiger partial charge in [0.05, 0.1) is 13.0 Å². The lowest BCUT2D eigenvalue weighted by molar-refractivity contribution is -0.154. The van der Waals surface area contributed by atoms with Crippen molar-refractivity contribution < 1.29 is 33.0 Å². The minimum absolute atomic E-state index is 0.0663. The van der Waals surface area contributed by atoms with Crippen molar-refractivity contribution in [3.05, 3.63) is 53.1 Å². The van der Waals surface area contributed by atoms with E-state index in [1.165, 1.54) is 44.9 Å². The molecule has 0 amide bonds. The largest absolute Gasteiger partial charge is 0.493 e. The summed E-state index contributed by atoms with van der Waals surface area (Å²) in [6, 6.07) is 6.25. The molecule has 200 valence electrons. The second-order valence-corrected chi connectivity index (χ2v) is 9.88. The highest BCUT2D eigenvalue weighted by Crippen LogP contribution is 2.41. The number of benzene rings is 1. The molecule has 2 aromatic rings. The Labute approximate surface area is 217 Å². The van der Waals surface area contributed by atoms with Crippen LogP contribution in [-0.4, -0.2) is 35.9 Å². The number of aromatic nitrogens is 1. The molecule has 1 heterocycles. The molecule has 1 aliphatic rings. The molecule has 1 aromatic carbocycles. The topological polar surface area (TPSA) is 91.8 Å². The Balaban J connectivity index is 1.76. The van der Waals surface area contributed by atoms with Crippen LogP contribution in [0.4, 0.5) is 4.39 Å². The first kappa shape index (κ1) is 28.3. The average molecular weight is 514 g/mol. The molecule has 0 aliphatic heterocycles. The molecule has 8 heteroatoms. The number of halogens is 1. The third kappa shape index (κ3) is 7.14. The van der Waals surface area contributed by atoms with Crippen LogP contribution in [-0.2, 0) is 14.3 Å². The Kier molecular flexibility index (Phi) is 9.78. The summed E-state index contributed by atoms with van der Waals surface area (Å²) in [6.45, 7) is 6.59. The number of hydrogen-bond donors (Lipinski definition) is 0. The molecule has 0 saturated heterocycles. The van der Waals surface area contributed by atoms with Gasteiger partial charge in [0.1, 0.15) is 11.9 Å². The Morgan fingerprint density at radius 2 is 1.81 bits per heavy atom. The molecule has 0 bridgehead atoms. The fourth-order valence-corrected chi connectivity index (χ4v) is 5.26.